The summed E-state index contributed by atoms with van der Waals surface area (Å²) in [7, 11) is 0. The number of nitrogens with two attached hydrogens (primary N) is 1. The van der Waals surface area contributed by atoms with Crippen molar-refractivity contribution in [3.8, 4) is 5.75 Å². The molecule has 134 valence electrons. The standard InChI is InChI=1S/C19H30N2O3/c20-13-7-2-1-3-12-19(22)21-17-10-4-5-11-18(17)24-15-16-9-6-8-14-23-16/h4-5,10-11,16H,1-3,6-9,12-15,20H2,(H,21,22). The highest BCUT2D eigenvalue weighted by molar-refractivity contribution is 5.92. The molecule has 3 N–H and O–H groups in total. The van der Waals surface area contributed by atoms with Crippen LogP contribution in [0.15, 0.2) is 24.3 Å². The van der Waals surface area contributed by atoms with Crippen LogP contribution in [0.1, 0.15) is 51.4 Å². The van der Waals surface area contributed by atoms with Crippen LogP contribution in [-0.4, -0.2) is 31.8 Å². The molecule has 1 fully saturated rings. The number of para-hydroxylation sites is 2. The van der Waals surface area contributed by atoms with Gasteiger partial charge in [-0.25, -0.2) is 0 Å². The van der Waals surface area contributed by atoms with Crippen LogP contribution in [0.2, 0.25) is 0 Å². The highest BCUT2D eigenvalue weighted by Crippen LogP contribution is 2.25. The Morgan fingerprint density at radius 3 is 2.83 bits per heavy atom. The summed E-state index contributed by atoms with van der Waals surface area (Å²) in [5.41, 5.74) is 6.21. The zero-order chi connectivity index (χ0) is 17.0. The number of rotatable bonds is 10. The molecule has 1 aromatic rings. The second-order valence-corrected chi connectivity index (χ2v) is 6.30. The number of hydrogen-bond acceptors (Lipinski definition) is 4. The largest absolute Gasteiger partial charge is 0.489 e. The number of unbranched alkanes of at least 4 members (excludes halogenated alkanes) is 3. The van der Waals surface area contributed by atoms with Gasteiger partial charge in [0.1, 0.15) is 12.4 Å². The lowest BCUT2D eigenvalue weighted by molar-refractivity contribution is -0.116. The zero-order valence-electron chi connectivity index (χ0n) is 14.5. The third-order valence-corrected chi connectivity index (χ3v) is 4.22. The number of ether oxygens (including phenoxy) is 2. The minimum Gasteiger partial charge on any atom is -0.489 e. The predicted molar refractivity (Wildman–Crippen MR) is 96.3 cm³/mol. The van der Waals surface area contributed by atoms with Crippen LogP contribution in [-0.2, 0) is 9.53 Å². The van der Waals surface area contributed by atoms with Gasteiger partial charge in [0, 0.05) is 13.0 Å². The molecule has 0 aliphatic carbocycles. The molecular weight excluding hydrogens is 304 g/mol. The Bertz CT molecular complexity index is 487. The summed E-state index contributed by atoms with van der Waals surface area (Å²) >= 11 is 0. The first-order valence-electron chi connectivity index (χ1n) is 9.13. The lowest BCUT2D eigenvalue weighted by Crippen LogP contribution is -2.26. The fraction of sp³-hybridized carbons (Fsp3) is 0.632. The molecule has 0 aromatic heterocycles. The van der Waals surface area contributed by atoms with Crippen LogP contribution in [0.3, 0.4) is 0 Å². The van der Waals surface area contributed by atoms with Gasteiger partial charge in [0.05, 0.1) is 11.8 Å². The molecule has 1 aromatic carbocycles. The van der Waals surface area contributed by atoms with Crippen LogP contribution in [0.4, 0.5) is 5.69 Å². The van der Waals surface area contributed by atoms with E-state index in [1.165, 1.54) is 6.42 Å². The summed E-state index contributed by atoms with van der Waals surface area (Å²) < 4.78 is 11.6. The SMILES string of the molecule is NCCCCCCC(=O)Nc1ccccc1OCC1CCCCO1. The second-order valence-electron chi connectivity index (χ2n) is 6.30. The molecule has 2 rings (SSSR count). The van der Waals surface area contributed by atoms with Crippen molar-refractivity contribution in [2.75, 3.05) is 25.1 Å². The van der Waals surface area contributed by atoms with Crippen molar-refractivity contribution in [2.24, 2.45) is 5.73 Å². The van der Waals surface area contributed by atoms with E-state index in [4.69, 9.17) is 15.2 Å². The van der Waals surface area contributed by atoms with Crippen LogP contribution in [0.5, 0.6) is 5.75 Å². The summed E-state index contributed by atoms with van der Waals surface area (Å²) in [6.45, 7) is 2.07. The second kappa shape index (κ2) is 11.0. The van der Waals surface area contributed by atoms with Gasteiger partial charge >= 0.3 is 0 Å². The van der Waals surface area contributed by atoms with Gasteiger partial charge < -0.3 is 20.5 Å². The fourth-order valence-electron chi connectivity index (χ4n) is 2.81. The normalized spacial score (nSPS) is 17.5. The number of carbonyl (C=O) groups is 1. The molecule has 1 aliphatic heterocycles. The van der Waals surface area contributed by atoms with Crippen molar-refractivity contribution in [1.82, 2.24) is 0 Å². The molecule has 5 heteroatoms. The van der Waals surface area contributed by atoms with Gasteiger partial charge in [-0.1, -0.05) is 25.0 Å². The van der Waals surface area contributed by atoms with Gasteiger partial charge in [0.25, 0.3) is 0 Å². The summed E-state index contributed by atoms with van der Waals surface area (Å²) in [5, 5.41) is 2.96. The highest BCUT2D eigenvalue weighted by Gasteiger charge is 2.15. The van der Waals surface area contributed by atoms with Crippen molar-refractivity contribution < 1.29 is 14.3 Å². The fourth-order valence-corrected chi connectivity index (χ4v) is 2.81. The van der Waals surface area contributed by atoms with Crippen molar-refractivity contribution in [3.05, 3.63) is 24.3 Å². The minimum atomic E-state index is 0.0349. The molecular formula is C19H30N2O3. The Kier molecular flexibility index (Phi) is 8.63. The third-order valence-electron chi connectivity index (χ3n) is 4.22. The van der Waals surface area contributed by atoms with Crippen LogP contribution < -0.4 is 15.8 Å². The molecule has 0 radical (unpaired) electrons. The average Bonchev–Trinajstić information content (AvgIpc) is 2.62. The molecule has 0 saturated carbocycles. The van der Waals surface area contributed by atoms with Crippen LogP contribution >= 0.6 is 0 Å². The van der Waals surface area contributed by atoms with E-state index in [-0.39, 0.29) is 12.0 Å². The molecule has 0 bridgehead atoms. The van der Waals surface area contributed by atoms with Gasteiger partial charge in [-0.3, -0.25) is 4.79 Å². The molecule has 1 heterocycles. The monoisotopic (exact) mass is 334 g/mol. The highest BCUT2D eigenvalue weighted by atomic mass is 16.5. The Hall–Kier alpha value is -1.59. The summed E-state index contributed by atoms with van der Waals surface area (Å²) in [4.78, 5) is 12.1. The zero-order valence-corrected chi connectivity index (χ0v) is 14.5. The van der Waals surface area contributed by atoms with Gasteiger partial charge in [-0.15, -0.1) is 0 Å². The number of hydrogen-bond donors (Lipinski definition) is 2. The smallest absolute Gasteiger partial charge is 0.224 e. The number of nitrogens with one attached hydrogen (secondary N) is 1. The van der Waals surface area contributed by atoms with E-state index in [0.717, 1.165) is 57.4 Å². The molecule has 1 amide bonds. The Balaban J connectivity index is 1.76. The Morgan fingerprint density at radius 2 is 2.04 bits per heavy atom. The quantitative estimate of drug-likeness (QED) is 0.643. The molecule has 5 nitrogen and oxygen atoms in total. The summed E-state index contributed by atoms with van der Waals surface area (Å²) in [6, 6.07) is 7.59. The Morgan fingerprint density at radius 1 is 1.21 bits per heavy atom. The average molecular weight is 334 g/mol. The summed E-state index contributed by atoms with van der Waals surface area (Å²) in [6.07, 6.45) is 8.11. The van der Waals surface area contributed by atoms with E-state index >= 15 is 0 Å². The lowest BCUT2D eigenvalue weighted by Gasteiger charge is -2.23. The minimum absolute atomic E-state index is 0.0349. The topological polar surface area (TPSA) is 73.6 Å². The molecule has 1 unspecified atom stereocenters. The maximum absolute atomic E-state index is 12.1. The van der Waals surface area contributed by atoms with E-state index < -0.39 is 0 Å². The van der Waals surface area contributed by atoms with Gasteiger partial charge in [0.2, 0.25) is 5.91 Å². The summed E-state index contributed by atoms with van der Waals surface area (Å²) in [5.74, 6) is 0.746. The first-order chi connectivity index (χ1) is 11.8. The molecule has 1 aliphatic rings. The van der Waals surface area contributed by atoms with Gasteiger partial charge in [-0.2, -0.15) is 0 Å². The first kappa shape index (κ1) is 18.7. The van der Waals surface area contributed by atoms with Crippen LogP contribution in [0, 0.1) is 0 Å². The van der Waals surface area contributed by atoms with E-state index in [0.29, 0.717) is 18.8 Å². The Labute approximate surface area is 144 Å². The number of anilines is 1. The third kappa shape index (κ3) is 6.89. The first-order valence-corrected chi connectivity index (χ1v) is 9.13. The maximum atomic E-state index is 12.1. The van der Waals surface area contributed by atoms with Crippen molar-refractivity contribution >= 4 is 11.6 Å². The number of amides is 1. The molecule has 0 spiro atoms. The van der Waals surface area contributed by atoms with E-state index in [9.17, 15) is 4.79 Å². The van der Waals surface area contributed by atoms with E-state index in [1.54, 1.807) is 0 Å². The number of carbonyl (C=O) groups excluding carboxylic acids is 1. The van der Waals surface area contributed by atoms with Crippen molar-refractivity contribution in [2.45, 2.75) is 57.5 Å². The van der Waals surface area contributed by atoms with Crippen LogP contribution in [0.25, 0.3) is 0 Å². The lowest BCUT2D eigenvalue weighted by atomic mass is 10.1. The van der Waals surface area contributed by atoms with E-state index in [2.05, 4.69) is 5.32 Å². The van der Waals surface area contributed by atoms with Crippen molar-refractivity contribution in [3.63, 3.8) is 0 Å². The van der Waals surface area contributed by atoms with Gasteiger partial charge in [-0.05, 0) is 50.8 Å². The maximum Gasteiger partial charge on any atom is 0.224 e. The molecule has 1 atom stereocenters. The molecule has 24 heavy (non-hydrogen) atoms. The number of benzene rings is 1. The van der Waals surface area contributed by atoms with Crippen molar-refractivity contribution in [1.29, 1.82) is 0 Å². The van der Waals surface area contributed by atoms with E-state index in [1.807, 2.05) is 24.3 Å². The van der Waals surface area contributed by atoms with Gasteiger partial charge in [0.15, 0.2) is 0 Å². The molecule has 1 saturated heterocycles. The predicted octanol–water partition coefficient (Wildman–Crippen LogP) is 3.48.